The molecular weight excluding hydrogens is 230 g/mol. The van der Waals surface area contributed by atoms with Crippen molar-refractivity contribution in [2.45, 2.75) is 5.92 Å². The Hall–Kier alpha value is -2.34. The molecule has 1 amide bonds. The van der Waals surface area contributed by atoms with Gasteiger partial charge >= 0.3 is 0 Å². The molecular formula is C12H11N5O. The van der Waals surface area contributed by atoms with Crippen LogP contribution in [0.2, 0.25) is 0 Å². The van der Waals surface area contributed by atoms with Gasteiger partial charge in [0.25, 0.3) is 5.91 Å². The molecule has 0 bridgehead atoms. The first kappa shape index (κ1) is 10.8. The number of hydrazine groups is 1. The third kappa shape index (κ3) is 1.82. The highest BCUT2D eigenvalue weighted by Gasteiger charge is 2.35. The van der Waals surface area contributed by atoms with Crippen LogP contribution in [0.15, 0.2) is 43.0 Å². The number of anilines is 1. The quantitative estimate of drug-likeness (QED) is 0.829. The minimum Gasteiger partial charge on any atom is -0.272 e. The van der Waals surface area contributed by atoms with E-state index in [1.807, 2.05) is 12.1 Å². The smallest absolute Gasteiger partial charge is 0.252 e. The van der Waals surface area contributed by atoms with Crippen LogP contribution in [0.25, 0.3) is 0 Å². The monoisotopic (exact) mass is 241 g/mol. The molecule has 1 saturated heterocycles. The number of amides is 1. The Morgan fingerprint density at radius 2 is 2.06 bits per heavy atom. The van der Waals surface area contributed by atoms with E-state index in [-0.39, 0.29) is 11.8 Å². The topological polar surface area (TPSA) is 71.0 Å². The van der Waals surface area contributed by atoms with E-state index < -0.39 is 0 Å². The van der Waals surface area contributed by atoms with E-state index in [9.17, 15) is 4.79 Å². The number of carbonyl (C=O) groups excluding carboxylic acids is 1. The van der Waals surface area contributed by atoms with Crippen LogP contribution in [0.1, 0.15) is 11.5 Å². The lowest BCUT2D eigenvalue weighted by molar-refractivity contribution is -0.118. The minimum atomic E-state index is -0.234. The van der Waals surface area contributed by atoms with Gasteiger partial charge in [-0.1, -0.05) is 6.07 Å². The van der Waals surface area contributed by atoms with Gasteiger partial charge in [0.2, 0.25) is 5.95 Å². The molecule has 1 aliphatic heterocycles. The summed E-state index contributed by atoms with van der Waals surface area (Å²) in [6, 6.07) is 5.43. The number of nitrogens with one attached hydrogen (secondary N) is 1. The standard InChI is InChI=1S/C12H11N5O/c18-11-10(9-3-1-4-13-7-9)8-16-17(11)12-14-5-2-6-15-12/h1-7,10,16H,8H2. The molecule has 90 valence electrons. The SMILES string of the molecule is O=C1C(c2cccnc2)CNN1c1ncccn1. The molecule has 3 heterocycles. The summed E-state index contributed by atoms with van der Waals surface area (Å²) in [5.74, 6) is 0.0746. The first-order valence-electron chi connectivity index (χ1n) is 5.60. The zero-order chi connectivity index (χ0) is 12.4. The van der Waals surface area contributed by atoms with Crippen LogP contribution in [0.5, 0.6) is 0 Å². The maximum Gasteiger partial charge on any atom is 0.252 e. The highest BCUT2D eigenvalue weighted by Crippen LogP contribution is 2.23. The number of rotatable bonds is 2. The summed E-state index contributed by atoms with van der Waals surface area (Å²) >= 11 is 0. The van der Waals surface area contributed by atoms with Crippen molar-refractivity contribution in [2.24, 2.45) is 0 Å². The van der Waals surface area contributed by atoms with Gasteiger partial charge in [-0.15, -0.1) is 0 Å². The highest BCUT2D eigenvalue weighted by atomic mass is 16.2. The average Bonchev–Trinajstić information content (AvgIpc) is 2.83. The summed E-state index contributed by atoms with van der Waals surface area (Å²) in [5, 5.41) is 1.39. The van der Waals surface area contributed by atoms with Gasteiger partial charge in [0.15, 0.2) is 0 Å². The molecule has 18 heavy (non-hydrogen) atoms. The maximum absolute atomic E-state index is 12.3. The first-order valence-corrected chi connectivity index (χ1v) is 5.60. The van der Waals surface area contributed by atoms with Gasteiger partial charge in [-0.2, -0.15) is 0 Å². The van der Waals surface area contributed by atoms with E-state index in [1.54, 1.807) is 30.9 Å². The van der Waals surface area contributed by atoms with Crippen molar-refractivity contribution in [3.8, 4) is 0 Å². The summed E-state index contributed by atoms with van der Waals surface area (Å²) in [4.78, 5) is 24.4. The van der Waals surface area contributed by atoms with E-state index in [0.717, 1.165) is 5.56 Å². The Kier molecular flexibility index (Phi) is 2.70. The van der Waals surface area contributed by atoms with Crippen molar-refractivity contribution >= 4 is 11.9 Å². The Bertz CT molecular complexity index is 495. The predicted molar refractivity (Wildman–Crippen MR) is 64.5 cm³/mol. The van der Waals surface area contributed by atoms with E-state index in [0.29, 0.717) is 12.5 Å². The third-order valence-electron chi connectivity index (χ3n) is 2.81. The molecule has 0 aromatic carbocycles. The molecule has 0 radical (unpaired) electrons. The van der Waals surface area contributed by atoms with Crippen molar-refractivity contribution in [2.75, 3.05) is 11.6 Å². The number of carbonyl (C=O) groups is 1. The highest BCUT2D eigenvalue weighted by molar-refractivity contribution is 5.98. The van der Waals surface area contributed by atoms with E-state index >= 15 is 0 Å². The molecule has 0 saturated carbocycles. The predicted octanol–water partition coefficient (Wildman–Crippen LogP) is 0.507. The summed E-state index contributed by atoms with van der Waals surface area (Å²) in [5.41, 5.74) is 3.90. The van der Waals surface area contributed by atoms with Crippen molar-refractivity contribution in [3.63, 3.8) is 0 Å². The first-order chi connectivity index (χ1) is 8.86. The molecule has 1 N–H and O–H groups in total. The Morgan fingerprint density at radius 1 is 1.22 bits per heavy atom. The molecule has 3 rings (SSSR count). The molecule has 0 aliphatic carbocycles. The normalized spacial score (nSPS) is 19.2. The molecule has 1 fully saturated rings. The van der Waals surface area contributed by atoms with Gasteiger partial charge in [-0.05, 0) is 17.7 Å². The lowest BCUT2D eigenvalue weighted by Gasteiger charge is -2.13. The minimum absolute atomic E-state index is 0.0609. The molecule has 1 atom stereocenters. The van der Waals surface area contributed by atoms with Gasteiger partial charge in [0, 0.05) is 31.3 Å². The van der Waals surface area contributed by atoms with Crippen molar-refractivity contribution < 1.29 is 4.79 Å². The number of hydrogen-bond acceptors (Lipinski definition) is 5. The van der Waals surface area contributed by atoms with E-state index in [2.05, 4.69) is 20.4 Å². The maximum atomic E-state index is 12.3. The fourth-order valence-corrected chi connectivity index (χ4v) is 1.92. The van der Waals surface area contributed by atoms with Crippen LogP contribution < -0.4 is 10.4 Å². The van der Waals surface area contributed by atoms with Gasteiger partial charge in [0.05, 0.1) is 5.92 Å². The van der Waals surface area contributed by atoms with Crippen LogP contribution in [0.3, 0.4) is 0 Å². The van der Waals surface area contributed by atoms with Gasteiger partial charge in [-0.25, -0.2) is 20.4 Å². The molecule has 1 aliphatic rings. The largest absolute Gasteiger partial charge is 0.272 e. The summed E-state index contributed by atoms with van der Waals surface area (Å²) < 4.78 is 0. The Morgan fingerprint density at radius 3 is 2.78 bits per heavy atom. The van der Waals surface area contributed by atoms with Gasteiger partial charge in [0.1, 0.15) is 0 Å². The van der Waals surface area contributed by atoms with Crippen LogP contribution in [-0.4, -0.2) is 27.4 Å². The number of nitrogens with zero attached hydrogens (tertiary/aromatic N) is 4. The molecule has 6 heteroatoms. The number of pyridine rings is 1. The lowest BCUT2D eigenvalue weighted by atomic mass is 10.0. The average molecular weight is 241 g/mol. The van der Waals surface area contributed by atoms with E-state index in [1.165, 1.54) is 5.01 Å². The lowest BCUT2D eigenvalue weighted by Crippen LogP contribution is -2.35. The fourth-order valence-electron chi connectivity index (χ4n) is 1.92. The molecule has 1 unspecified atom stereocenters. The molecule has 2 aromatic heterocycles. The zero-order valence-electron chi connectivity index (χ0n) is 9.52. The molecule has 6 nitrogen and oxygen atoms in total. The Balaban J connectivity index is 1.86. The van der Waals surface area contributed by atoms with Crippen molar-refractivity contribution in [3.05, 3.63) is 48.5 Å². The second-order valence-corrected chi connectivity index (χ2v) is 3.92. The summed E-state index contributed by atoms with van der Waals surface area (Å²) in [6.45, 7) is 0.531. The zero-order valence-corrected chi connectivity index (χ0v) is 9.52. The van der Waals surface area contributed by atoms with Crippen LogP contribution >= 0.6 is 0 Å². The summed E-state index contributed by atoms with van der Waals surface area (Å²) in [6.07, 6.45) is 6.61. The summed E-state index contributed by atoms with van der Waals surface area (Å²) in [7, 11) is 0. The molecule has 2 aromatic rings. The van der Waals surface area contributed by atoms with Crippen LogP contribution in [0.4, 0.5) is 5.95 Å². The fraction of sp³-hybridized carbons (Fsp3) is 0.167. The second kappa shape index (κ2) is 4.50. The van der Waals surface area contributed by atoms with Crippen molar-refractivity contribution in [1.82, 2.24) is 20.4 Å². The van der Waals surface area contributed by atoms with E-state index in [4.69, 9.17) is 0 Å². The second-order valence-electron chi connectivity index (χ2n) is 3.92. The van der Waals surface area contributed by atoms with Crippen LogP contribution in [0, 0.1) is 0 Å². The number of aromatic nitrogens is 3. The van der Waals surface area contributed by atoms with Gasteiger partial charge in [-0.3, -0.25) is 9.78 Å². The number of hydrogen-bond donors (Lipinski definition) is 1. The Labute approximate surface area is 104 Å². The van der Waals surface area contributed by atoms with Crippen LogP contribution in [-0.2, 0) is 4.79 Å². The molecule has 0 spiro atoms. The van der Waals surface area contributed by atoms with Gasteiger partial charge < -0.3 is 0 Å². The third-order valence-corrected chi connectivity index (χ3v) is 2.81. The van der Waals surface area contributed by atoms with Crippen molar-refractivity contribution in [1.29, 1.82) is 0 Å².